The molecule has 34 heavy (non-hydrogen) atoms. The van der Waals surface area contributed by atoms with Crippen LogP contribution in [0.3, 0.4) is 0 Å². The van der Waals surface area contributed by atoms with Crippen molar-refractivity contribution in [3.05, 3.63) is 107 Å². The lowest BCUT2D eigenvalue weighted by atomic mass is 9.94. The molecule has 3 aromatic rings. The van der Waals surface area contributed by atoms with Gasteiger partial charge in [0.05, 0.1) is 5.56 Å². The molecule has 1 saturated heterocycles. The number of benzene rings is 3. The number of alkyl halides is 3. The molecular formula is C28H28F3NOS. The Hall–Kier alpha value is -2.73. The summed E-state index contributed by atoms with van der Waals surface area (Å²) in [6.07, 6.45) is -2.15. The Morgan fingerprint density at radius 3 is 2.26 bits per heavy atom. The van der Waals surface area contributed by atoms with E-state index < -0.39 is 11.7 Å². The van der Waals surface area contributed by atoms with Crippen molar-refractivity contribution >= 4 is 17.7 Å². The third-order valence-corrected chi connectivity index (χ3v) is 7.62. The highest BCUT2D eigenvalue weighted by molar-refractivity contribution is 7.99. The number of nitrogens with zero attached hydrogens (tertiary/aromatic N) is 1. The SMILES string of the molecule is Cc1cc(C(=O)N2CC[C@H](SCc3ccccc3)C[C@H]2Cc2ccccc2)cc(C(F)(F)F)c1. The first-order valence-electron chi connectivity index (χ1n) is 11.5. The van der Waals surface area contributed by atoms with Gasteiger partial charge in [0, 0.05) is 29.2 Å². The lowest BCUT2D eigenvalue weighted by Gasteiger charge is -2.40. The molecule has 0 bridgehead atoms. The number of amides is 1. The molecule has 1 amide bonds. The average Bonchev–Trinajstić information content (AvgIpc) is 2.83. The second kappa shape index (κ2) is 10.7. The Balaban J connectivity index is 1.54. The van der Waals surface area contributed by atoms with Crippen LogP contribution in [0.1, 0.15) is 45.5 Å². The Morgan fingerprint density at radius 2 is 1.62 bits per heavy atom. The zero-order valence-corrected chi connectivity index (χ0v) is 19.9. The highest BCUT2D eigenvalue weighted by Gasteiger charge is 2.35. The van der Waals surface area contributed by atoms with Crippen LogP contribution in [0.2, 0.25) is 0 Å². The van der Waals surface area contributed by atoms with E-state index in [1.54, 1.807) is 17.9 Å². The van der Waals surface area contributed by atoms with Gasteiger partial charge in [0.2, 0.25) is 0 Å². The molecule has 0 aromatic heterocycles. The van der Waals surface area contributed by atoms with E-state index in [2.05, 4.69) is 12.1 Å². The molecule has 1 heterocycles. The molecule has 4 rings (SSSR count). The van der Waals surface area contributed by atoms with Crippen LogP contribution in [-0.2, 0) is 18.3 Å². The summed E-state index contributed by atoms with van der Waals surface area (Å²) >= 11 is 1.90. The number of likely N-dealkylation sites (tertiary alicyclic amines) is 1. The number of rotatable bonds is 6. The molecule has 0 unspecified atom stereocenters. The minimum atomic E-state index is -4.48. The standard InChI is InChI=1S/C28H28F3NOS/c1-20-14-23(17-24(15-20)28(29,30)31)27(33)32-13-12-26(34-19-22-10-6-3-7-11-22)18-25(32)16-21-8-4-2-5-9-21/h2-11,14-15,17,25-26H,12-13,16,18-19H2,1H3/t25-,26+/m1/s1. The lowest BCUT2D eigenvalue weighted by Crippen LogP contribution is -2.48. The summed E-state index contributed by atoms with van der Waals surface area (Å²) in [6.45, 7) is 2.14. The largest absolute Gasteiger partial charge is 0.416 e. The first-order valence-corrected chi connectivity index (χ1v) is 12.5. The Morgan fingerprint density at radius 1 is 0.971 bits per heavy atom. The first-order chi connectivity index (χ1) is 16.3. The zero-order chi connectivity index (χ0) is 24.1. The molecule has 178 valence electrons. The molecule has 0 N–H and O–H groups in total. The van der Waals surface area contributed by atoms with Crippen molar-refractivity contribution in [3.8, 4) is 0 Å². The van der Waals surface area contributed by atoms with Crippen molar-refractivity contribution < 1.29 is 18.0 Å². The van der Waals surface area contributed by atoms with Crippen LogP contribution >= 0.6 is 11.8 Å². The number of hydrogen-bond donors (Lipinski definition) is 0. The Labute approximate surface area is 203 Å². The molecule has 1 fully saturated rings. The molecule has 6 heteroatoms. The van der Waals surface area contributed by atoms with Gasteiger partial charge in [-0.05, 0) is 61.1 Å². The number of thioether (sulfide) groups is 1. The van der Waals surface area contributed by atoms with Crippen molar-refractivity contribution in [2.75, 3.05) is 6.54 Å². The number of aryl methyl sites for hydroxylation is 1. The summed E-state index contributed by atoms with van der Waals surface area (Å²) < 4.78 is 40.1. The van der Waals surface area contributed by atoms with Crippen molar-refractivity contribution in [1.82, 2.24) is 4.90 Å². The highest BCUT2D eigenvalue weighted by Crippen LogP contribution is 2.34. The molecule has 1 aliphatic rings. The predicted molar refractivity (Wildman–Crippen MR) is 132 cm³/mol. The molecule has 0 spiro atoms. The van der Waals surface area contributed by atoms with Gasteiger partial charge in [-0.2, -0.15) is 24.9 Å². The molecule has 2 nitrogen and oxygen atoms in total. The fourth-order valence-electron chi connectivity index (χ4n) is 4.54. The van der Waals surface area contributed by atoms with Crippen LogP contribution in [-0.4, -0.2) is 28.6 Å². The summed E-state index contributed by atoms with van der Waals surface area (Å²) in [6, 6.07) is 23.9. The van der Waals surface area contributed by atoms with Crippen LogP contribution in [0.5, 0.6) is 0 Å². The minimum Gasteiger partial charge on any atom is -0.335 e. The average molecular weight is 484 g/mol. The summed E-state index contributed by atoms with van der Waals surface area (Å²) in [5.41, 5.74) is 2.17. The molecular weight excluding hydrogens is 455 g/mol. The predicted octanol–water partition coefficient (Wildman–Crippen LogP) is 7.16. The van der Waals surface area contributed by atoms with Gasteiger partial charge in [0.25, 0.3) is 5.91 Å². The Bertz CT molecular complexity index is 1100. The minimum absolute atomic E-state index is 0.0632. The van der Waals surface area contributed by atoms with E-state index in [4.69, 9.17) is 0 Å². The maximum Gasteiger partial charge on any atom is 0.416 e. The maximum atomic E-state index is 13.5. The number of carbonyl (C=O) groups is 1. The summed E-state index contributed by atoms with van der Waals surface area (Å²) in [7, 11) is 0. The fourth-order valence-corrected chi connectivity index (χ4v) is 5.79. The van der Waals surface area contributed by atoms with Crippen LogP contribution in [0.15, 0.2) is 78.9 Å². The van der Waals surface area contributed by atoms with Crippen LogP contribution in [0.4, 0.5) is 13.2 Å². The van der Waals surface area contributed by atoms with E-state index in [0.29, 0.717) is 23.8 Å². The van der Waals surface area contributed by atoms with E-state index in [0.717, 1.165) is 36.3 Å². The number of hydrogen-bond acceptors (Lipinski definition) is 2. The number of carbonyl (C=O) groups excluding carboxylic acids is 1. The van der Waals surface area contributed by atoms with E-state index in [9.17, 15) is 18.0 Å². The summed E-state index contributed by atoms with van der Waals surface area (Å²) in [4.78, 5) is 15.3. The maximum absolute atomic E-state index is 13.5. The van der Waals surface area contributed by atoms with Gasteiger partial charge in [-0.25, -0.2) is 0 Å². The second-order valence-electron chi connectivity index (χ2n) is 8.87. The lowest BCUT2D eigenvalue weighted by molar-refractivity contribution is -0.137. The van der Waals surface area contributed by atoms with Crippen LogP contribution in [0, 0.1) is 6.92 Å². The zero-order valence-electron chi connectivity index (χ0n) is 19.1. The molecule has 1 aliphatic heterocycles. The molecule has 3 aromatic carbocycles. The summed E-state index contributed by atoms with van der Waals surface area (Å²) in [5, 5.41) is 0.390. The summed E-state index contributed by atoms with van der Waals surface area (Å²) in [5.74, 6) is 0.589. The van der Waals surface area contributed by atoms with E-state index in [1.807, 2.05) is 60.3 Å². The first kappa shape index (κ1) is 24.4. The Kier molecular flexibility index (Phi) is 7.67. The van der Waals surface area contributed by atoms with Crippen molar-refractivity contribution in [1.29, 1.82) is 0 Å². The normalized spacial score (nSPS) is 18.6. The third-order valence-electron chi connectivity index (χ3n) is 6.22. The van der Waals surface area contributed by atoms with Crippen molar-refractivity contribution in [3.63, 3.8) is 0 Å². The van der Waals surface area contributed by atoms with Gasteiger partial charge in [0.1, 0.15) is 0 Å². The molecule has 2 atom stereocenters. The monoisotopic (exact) mass is 483 g/mol. The van der Waals surface area contributed by atoms with E-state index in [-0.39, 0.29) is 17.5 Å². The van der Waals surface area contributed by atoms with Gasteiger partial charge in [0.15, 0.2) is 0 Å². The fraction of sp³-hybridized carbons (Fsp3) is 0.321. The topological polar surface area (TPSA) is 20.3 Å². The number of halogens is 3. The smallest absolute Gasteiger partial charge is 0.335 e. The van der Waals surface area contributed by atoms with Gasteiger partial charge in [-0.3, -0.25) is 4.79 Å². The third kappa shape index (κ3) is 6.23. The van der Waals surface area contributed by atoms with Crippen molar-refractivity contribution in [2.24, 2.45) is 0 Å². The van der Waals surface area contributed by atoms with Crippen LogP contribution < -0.4 is 0 Å². The van der Waals surface area contributed by atoms with Gasteiger partial charge in [-0.1, -0.05) is 60.7 Å². The van der Waals surface area contributed by atoms with Crippen molar-refractivity contribution in [2.45, 2.75) is 49.4 Å². The molecule has 0 aliphatic carbocycles. The molecule has 0 radical (unpaired) electrons. The quantitative estimate of drug-likeness (QED) is 0.371. The van der Waals surface area contributed by atoms with E-state index in [1.165, 1.54) is 5.56 Å². The number of piperidine rings is 1. The second-order valence-corrected chi connectivity index (χ2v) is 10.2. The van der Waals surface area contributed by atoms with Gasteiger partial charge < -0.3 is 4.90 Å². The van der Waals surface area contributed by atoms with Gasteiger partial charge >= 0.3 is 6.18 Å². The van der Waals surface area contributed by atoms with E-state index >= 15 is 0 Å². The van der Waals surface area contributed by atoms with Crippen LogP contribution in [0.25, 0.3) is 0 Å². The highest BCUT2D eigenvalue weighted by atomic mass is 32.2. The molecule has 0 saturated carbocycles. The van der Waals surface area contributed by atoms with Gasteiger partial charge in [-0.15, -0.1) is 0 Å².